The highest BCUT2D eigenvalue weighted by molar-refractivity contribution is 7.19. The molecule has 2 aliphatic rings. The van der Waals surface area contributed by atoms with Crippen LogP contribution in [-0.2, 0) is 4.74 Å². The zero-order valence-corrected chi connectivity index (χ0v) is 16.3. The third-order valence-corrected chi connectivity index (χ3v) is 7.05. The van der Waals surface area contributed by atoms with E-state index < -0.39 is 0 Å². The Morgan fingerprint density at radius 2 is 2.08 bits per heavy atom. The summed E-state index contributed by atoms with van der Waals surface area (Å²) in [6.45, 7) is 5.55. The summed E-state index contributed by atoms with van der Waals surface area (Å²) in [5, 5.41) is 11.3. The first-order valence-electron chi connectivity index (χ1n) is 9.64. The van der Waals surface area contributed by atoms with Crippen molar-refractivity contribution in [3.8, 4) is 0 Å². The van der Waals surface area contributed by atoms with Crippen molar-refractivity contribution in [1.82, 2.24) is 4.90 Å². The van der Waals surface area contributed by atoms with Crippen LogP contribution in [0.5, 0.6) is 0 Å². The van der Waals surface area contributed by atoms with Crippen molar-refractivity contribution in [3.05, 3.63) is 34.7 Å². The van der Waals surface area contributed by atoms with Crippen LogP contribution in [0.4, 0.5) is 0 Å². The van der Waals surface area contributed by atoms with E-state index in [1.807, 2.05) is 30.0 Å². The van der Waals surface area contributed by atoms with Crippen molar-refractivity contribution >= 4 is 27.3 Å². The lowest BCUT2D eigenvalue weighted by molar-refractivity contribution is -0.179. The summed E-state index contributed by atoms with van der Waals surface area (Å²) >= 11 is 1.69. The molecule has 5 heteroatoms. The zero-order chi connectivity index (χ0) is 18.3. The molecule has 1 aromatic heterocycles. The fourth-order valence-corrected chi connectivity index (χ4v) is 5.60. The highest BCUT2D eigenvalue weighted by Crippen LogP contribution is 2.39. The van der Waals surface area contributed by atoms with Gasteiger partial charge in [0.15, 0.2) is 0 Å². The van der Waals surface area contributed by atoms with Gasteiger partial charge < -0.3 is 14.7 Å². The number of likely N-dealkylation sites (tertiary alicyclic amines) is 1. The third kappa shape index (κ3) is 3.17. The molecule has 0 saturated carbocycles. The Bertz CT molecular complexity index is 807. The van der Waals surface area contributed by atoms with Crippen LogP contribution >= 0.6 is 11.3 Å². The van der Waals surface area contributed by atoms with Gasteiger partial charge in [-0.2, -0.15) is 0 Å². The summed E-state index contributed by atoms with van der Waals surface area (Å²) in [5.41, 5.74) is 0.610. The molecule has 1 N–H and O–H groups in total. The molecule has 3 heterocycles. The number of rotatable bonds is 2. The van der Waals surface area contributed by atoms with E-state index in [4.69, 9.17) is 4.74 Å². The van der Waals surface area contributed by atoms with E-state index in [-0.39, 0.29) is 23.7 Å². The van der Waals surface area contributed by atoms with Gasteiger partial charge in [-0.3, -0.25) is 4.79 Å². The SMILES string of the molecule is CC[C@H]1C[C@@H](O)CC2(CCN(C(=O)c3c(C)sc4ccccc34)CC2)O1. The Balaban J connectivity index is 1.51. The van der Waals surface area contributed by atoms with Crippen molar-refractivity contribution in [1.29, 1.82) is 0 Å². The number of thiophene rings is 1. The summed E-state index contributed by atoms with van der Waals surface area (Å²) in [7, 11) is 0. The van der Waals surface area contributed by atoms with Crippen LogP contribution in [0.3, 0.4) is 0 Å². The second-order valence-corrected chi connectivity index (χ2v) is 9.00. The molecular formula is C21H27NO3S. The summed E-state index contributed by atoms with van der Waals surface area (Å²) in [6.07, 6.45) is 3.86. The average Bonchev–Trinajstić information content (AvgIpc) is 2.96. The highest BCUT2D eigenvalue weighted by atomic mass is 32.1. The van der Waals surface area contributed by atoms with Crippen LogP contribution in [0.25, 0.3) is 10.1 Å². The lowest BCUT2D eigenvalue weighted by atomic mass is 9.81. The fraction of sp³-hybridized carbons (Fsp3) is 0.571. The van der Waals surface area contributed by atoms with Gasteiger partial charge in [0, 0.05) is 34.5 Å². The van der Waals surface area contributed by atoms with Crippen molar-refractivity contribution in [2.75, 3.05) is 13.1 Å². The zero-order valence-electron chi connectivity index (χ0n) is 15.5. The van der Waals surface area contributed by atoms with Crippen LogP contribution < -0.4 is 0 Å². The second-order valence-electron chi connectivity index (χ2n) is 7.75. The van der Waals surface area contributed by atoms with Crippen LogP contribution in [0.1, 0.15) is 54.3 Å². The number of fused-ring (bicyclic) bond motifs is 1. The van der Waals surface area contributed by atoms with E-state index in [0.29, 0.717) is 19.5 Å². The van der Waals surface area contributed by atoms with Gasteiger partial charge in [-0.05, 0) is 38.7 Å². The summed E-state index contributed by atoms with van der Waals surface area (Å²) in [5.74, 6) is 0.137. The number of hydrogen-bond donors (Lipinski definition) is 1. The molecule has 1 spiro atoms. The number of ether oxygens (including phenoxy) is 1. The fourth-order valence-electron chi connectivity index (χ4n) is 4.55. The van der Waals surface area contributed by atoms with Crippen molar-refractivity contribution < 1.29 is 14.6 Å². The van der Waals surface area contributed by atoms with Crippen LogP contribution in [-0.4, -0.2) is 46.8 Å². The molecule has 140 valence electrons. The molecule has 2 atom stereocenters. The molecule has 0 unspecified atom stereocenters. The minimum Gasteiger partial charge on any atom is -0.393 e. The van der Waals surface area contributed by atoms with E-state index in [0.717, 1.165) is 41.5 Å². The average molecular weight is 374 g/mol. The van der Waals surface area contributed by atoms with Crippen LogP contribution in [0, 0.1) is 6.92 Å². The molecule has 26 heavy (non-hydrogen) atoms. The van der Waals surface area contributed by atoms with Gasteiger partial charge in [0.1, 0.15) is 0 Å². The lowest BCUT2D eigenvalue weighted by Crippen LogP contribution is -2.53. The van der Waals surface area contributed by atoms with E-state index >= 15 is 0 Å². The summed E-state index contributed by atoms with van der Waals surface area (Å²) in [4.78, 5) is 16.3. The Morgan fingerprint density at radius 3 is 2.81 bits per heavy atom. The molecule has 0 radical (unpaired) electrons. The molecule has 0 bridgehead atoms. The number of aliphatic hydroxyl groups excluding tert-OH is 1. The van der Waals surface area contributed by atoms with E-state index in [1.54, 1.807) is 11.3 Å². The van der Waals surface area contributed by atoms with Gasteiger partial charge in [-0.15, -0.1) is 11.3 Å². The molecule has 2 saturated heterocycles. The Labute approximate surface area is 158 Å². The number of carbonyl (C=O) groups is 1. The molecular weight excluding hydrogens is 346 g/mol. The number of aliphatic hydroxyl groups is 1. The van der Waals surface area contributed by atoms with Crippen molar-refractivity contribution in [2.45, 2.75) is 63.8 Å². The first kappa shape index (κ1) is 18.0. The van der Waals surface area contributed by atoms with E-state index in [9.17, 15) is 9.90 Å². The normalized spacial score (nSPS) is 25.7. The molecule has 2 aliphatic heterocycles. The quantitative estimate of drug-likeness (QED) is 0.861. The number of hydrogen-bond acceptors (Lipinski definition) is 4. The lowest BCUT2D eigenvalue weighted by Gasteiger charge is -2.47. The Hall–Kier alpha value is -1.43. The van der Waals surface area contributed by atoms with E-state index in [1.165, 1.54) is 4.70 Å². The Kier molecular flexibility index (Phi) is 4.80. The smallest absolute Gasteiger partial charge is 0.255 e. The number of carbonyl (C=O) groups excluding carboxylic acids is 1. The van der Waals surface area contributed by atoms with Gasteiger partial charge in [0.2, 0.25) is 0 Å². The monoisotopic (exact) mass is 373 g/mol. The predicted molar refractivity (Wildman–Crippen MR) is 105 cm³/mol. The van der Waals surface area contributed by atoms with Gasteiger partial charge in [-0.25, -0.2) is 0 Å². The van der Waals surface area contributed by atoms with Gasteiger partial charge in [0.25, 0.3) is 5.91 Å². The number of aryl methyl sites for hydroxylation is 1. The van der Waals surface area contributed by atoms with Gasteiger partial charge in [0.05, 0.1) is 23.4 Å². The highest BCUT2D eigenvalue weighted by Gasteiger charge is 2.43. The molecule has 4 nitrogen and oxygen atoms in total. The van der Waals surface area contributed by atoms with Crippen molar-refractivity contribution in [3.63, 3.8) is 0 Å². The van der Waals surface area contributed by atoms with Gasteiger partial charge >= 0.3 is 0 Å². The Morgan fingerprint density at radius 1 is 1.35 bits per heavy atom. The van der Waals surface area contributed by atoms with Crippen molar-refractivity contribution in [2.24, 2.45) is 0 Å². The topological polar surface area (TPSA) is 49.8 Å². The summed E-state index contributed by atoms with van der Waals surface area (Å²) in [6, 6.07) is 8.15. The molecule has 2 fully saturated rings. The summed E-state index contributed by atoms with van der Waals surface area (Å²) < 4.78 is 7.52. The van der Waals surface area contributed by atoms with Crippen LogP contribution in [0.2, 0.25) is 0 Å². The van der Waals surface area contributed by atoms with Gasteiger partial charge in [-0.1, -0.05) is 25.1 Å². The first-order valence-corrected chi connectivity index (χ1v) is 10.5. The van der Waals surface area contributed by atoms with Crippen LogP contribution in [0.15, 0.2) is 24.3 Å². The number of benzene rings is 1. The number of piperidine rings is 1. The predicted octanol–water partition coefficient (Wildman–Crippen LogP) is 4.13. The second kappa shape index (κ2) is 6.95. The molecule has 1 aromatic carbocycles. The molecule has 1 amide bonds. The number of nitrogens with zero attached hydrogens (tertiary/aromatic N) is 1. The molecule has 4 rings (SSSR count). The standard InChI is InChI=1S/C21H27NO3S/c1-3-16-12-15(23)13-21(25-16)8-10-22(11-9-21)20(24)19-14(2)26-18-7-5-4-6-17(18)19/h4-7,15-16,23H,3,8-13H2,1-2H3/t15-,16+/m1/s1. The third-order valence-electron chi connectivity index (χ3n) is 5.96. The molecule has 2 aromatic rings. The number of amides is 1. The first-order chi connectivity index (χ1) is 12.5. The maximum Gasteiger partial charge on any atom is 0.255 e. The molecule has 0 aliphatic carbocycles. The minimum atomic E-state index is -0.279. The minimum absolute atomic E-state index is 0.137. The maximum atomic E-state index is 13.2. The largest absolute Gasteiger partial charge is 0.393 e. The maximum absolute atomic E-state index is 13.2. The van der Waals surface area contributed by atoms with E-state index in [2.05, 4.69) is 13.0 Å².